The lowest BCUT2D eigenvalue weighted by molar-refractivity contribution is 0.229. The molecule has 0 bridgehead atoms. The van der Waals surface area contributed by atoms with Crippen LogP contribution in [0.3, 0.4) is 0 Å². The summed E-state index contributed by atoms with van der Waals surface area (Å²) >= 11 is 6.98. The van der Waals surface area contributed by atoms with Crippen LogP contribution in [0.5, 0.6) is 11.8 Å². The fraction of sp³-hybridized carbons (Fsp3) is 0.324. The summed E-state index contributed by atoms with van der Waals surface area (Å²) in [6, 6.07) is 28.9. The van der Waals surface area contributed by atoms with Crippen molar-refractivity contribution in [1.82, 2.24) is 9.55 Å². The van der Waals surface area contributed by atoms with Gasteiger partial charge < -0.3 is 13.8 Å². The molecule has 0 spiro atoms. The fourth-order valence-corrected chi connectivity index (χ4v) is 8.37. The molecule has 0 atom stereocenters. The Kier molecular flexibility index (Phi) is 9.77. The van der Waals surface area contributed by atoms with Crippen LogP contribution in [0.25, 0.3) is 22.2 Å². The molecule has 6 nitrogen and oxygen atoms in total. The maximum Gasteiger partial charge on any atom is 0.361 e. The summed E-state index contributed by atoms with van der Waals surface area (Å²) < 4.78 is 33.4. The Hall–Kier alpha value is -3.41. The largest absolute Gasteiger partial charge is 0.425 e. The first-order valence-corrected chi connectivity index (χ1v) is 17.8. The van der Waals surface area contributed by atoms with E-state index in [0.29, 0.717) is 34.5 Å². The molecule has 6 rings (SSSR count). The molecule has 4 aromatic carbocycles. The number of hydrogen-bond acceptors (Lipinski definition) is 5. The highest BCUT2D eigenvalue weighted by Gasteiger charge is 2.29. The van der Waals surface area contributed by atoms with E-state index in [1.165, 1.54) is 37.7 Å². The van der Waals surface area contributed by atoms with Crippen LogP contribution in [0.4, 0.5) is 0 Å². The van der Waals surface area contributed by atoms with E-state index >= 15 is 0 Å². The summed E-state index contributed by atoms with van der Waals surface area (Å²) in [6.45, 7) is 6.56. The number of benzene rings is 4. The van der Waals surface area contributed by atoms with Gasteiger partial charge in [0.25, 0.3) is 0 Å². The van der Waals surface area contributed by atoms with Crippen molar-refractivity contribution < 1.29 is 18.3 Å². The van der Waals surface area contributed by atoms with Gasteiger partial charge in [0.1, 0.15) is 5.75 Å². The number of aromatic nitrogens is 2. The van der Waals surface area contributed by atoms with Crippen LogP contribution < -0.4 is 10.0 Å². The van der Waals surface area contributed by atoms with Crippen molar-refractivity contribution in [3.8, 4) is 22.9 Å². The first kappa shape index (κ1) is 31.6. The number of aryl methyl sites for hydroxylation is 1. The SMILES string of the molecule is CCOP(=O)(OCC)c1cc(Oc2nc3cc(-c4ccc(C5CCCCC5)cc4)c(Cl)cc3n2Cc2ccccc2)ccc1C. The van der Waals surface area contributed by atoms with Gasteiger partial charge in [0.2, 0.25) is 0 Å². The minimum Gasteiger partial charge on any atom is -0.425 e. The van der Waals surface area contributed by atoms with Gasteiger partial charge in [-0.15, -0.1) is 0 Å². The zero-order chi connectivity index (χ0) is 31.4. The van der Waals surface area contributed by atoms with E-state index in [9.17, 15) is 4.57 Å². The molecule has 0 unspecified atom stereocenters. The molecule has 8 heteroatoms. The highest BCUT2D eigenvalue weighted by Crippen LogP contribution is 2.48. The Morgan fingerprint density at radius 3 is 2.29 bits per heavy atom. The van der Waals surface area contributed by atoms with Crippen molar-refractivity contribution >= 4 is 35.5 Å². The third kappa shape index (κ3) is 6.90. The van der Waals surface area contributed by atoms with Crippen LogP contribution in [0.1, 0.15) is 68.6 Å². The lowest BCUT2D eigenvalue weighted by atomic mass is 9.84. The number of imidazole rings is 1. The first-order chi connectivity index (χ1) is 21.9. The molecule has 0 amide bonds. The Morgan fingerprint density at radius 1 is 0.889 bits per heavy atom. The van der Waals surface area contributed by atoms with E-state index in [1.54, 1.807) is 19.9 Å². The van der Waals surface area contributed by atoms with E-state index in [-0.39, 0.29) is 13.2 Å². The van der Waals surface area contributed by atoms with E-state index in [4.69, 9.17) is 30.4 Å². The summed E-state index contributed by atoms with van der Waals surface area (Å²) in [5, 5.41) is 1.14. The Balaban J connectivity index is 1.39. The van der Waals surface area contributed by atoms with Gasteiger partial charge in [-0.3, -0.25) is 9.13 Å². The zero-order valence-corrected chi connectivity index (χ0v) is 27.8. The van der Waals surface area contributed by atoms with Crippen molar-refractivity contribution in [3.05, 3.63) is 107 Å². The molecule has 234 valence electrons. The van der Waals surface area contributed by atoms with Gasteiger partial charge in [-0.05, 0) is 86.1 Å². The molecule has 0 saturated heterocycles. The number of rotatable bonds is 11. The monoisotopic (exact) mass is 642 g/mol. The maximum absolute atomic E-state index is 13.7. The molecular weight excluding hydrogens is 603 g/mol. The van der Waals surface area contributed by atoms with Gasteiger partial charge in [0, 0.05) is 5.56 Å². The summed E-state index contributed by atoms with van der Waals surface area (Å²) in [5.74, 6) is 1.14. The van der Waals surface area contributed by atoms with Crippen molar-refractivity contribution in [1.29, 1.82) is 0 Å². The van der Waals surface area contributed by atoms with Crippen LogP contribution in [0.2, 0.25) is 5.02 Å². The molecule has 0 aliphatic heterocycles. The second-order valence-electron chi connectivity index (χ2n) is 11.6. The second kappa shape index (κ2) is 13.9. The molecule has 0 radical (unpaired) electrons. The van der Waals surface area contributed by atoms with Gasteiger partial charge >= 0.3 is 13.6 Å². The van der Waals surface area contributed by atoms with E-state index in [0.717, 1.165) is 33.3 Å². The molecular formula is C37H40ClN2O4P. The Labute approximate surface area is 270 Å². The van der Waals surface area contributed by atoms with Gasteiger partial charge in [-0.1, -0.05) is 91.5 Å². The minimum absolute atomic E-state index is 0.265. The van der Waals surface area contributed by atoms with E-state index < -0.39 is 7.60 Å². The molecule has 1 saturated carbocycles. The third-order valence-corrected chi connectivity index (χ3v) is 11.1. The van der Waals surface area contributed by atoms with Gasteiger partial charge in [-0.25, -0.2) is 0 Å². The number of ether oxygens (including phenoxy) is 1. The van der Waals surface area contributed by atoms with Crippen LogP contribution in [0.15, 0.2) is 84.9 Å². The molecule has 5 aromatic rings. The Bertz CT molecular complexity index is 1800. The average Bonchev–Trinajstić information content (AvgIpc) is 3.37. The molecule has 1 fully saturated rings. The fourth-order valence-electron chi connectivity index (χ4n) is 6.28. The van der Waals surface area contributed by atoms with Crippen molar-refractivity contribution in [2.45, 2.75) is 65.3 Å². The zero-order valence-electron chi connectivity index (χ0n) is 26.2. The van der Waals surface area contributed by atoms with Crippen LogP contribution in [0, 0.1) is 6.92 Å². The Morgan fingerprint density at radius 2 is 1.60 bits per heavy atom. The summed E-state index contributed by atoms with van der Waals surface area (Å²) in [4.78, 5) is 4.96. The van der Waals surface area contributed by atoms with Crippen molar-refractivity contribution in [2.24, 2.45) is 0 Å². The second-order valence-corrected chi connectivity index (χ2v) is 14.0. The first-order valence-electron chi connectivity index (χ1n) is 15.9. The van der Waals surface area contributed by atoms with Crippen LogP contribution >= 0.6 is 19.2 Å². The molecule has 45 heavy (non-hydrogen) atoms. The standard InChI is InChI=1S/C37H40ClN2O4P/c1-4-42-45(41,43-5-2)36-22-31(21-16-26(36)3)44-37-39-34-23-32(30-19-17-29(18-20-30)28-14-10-7-11-15-28)33(38)24-35(34)40(37)25-27-12-8-6-9-13-27/h6,8-9,12-13,16-24,28H,4-5,7,10-11,14-15,25H2,1-3H3. The maximum atomic E-state index is 13.7. The van der Waals surface area contributed by atoms with Crippen LogP contribution in [-0.2, 0) is 20.2 Å². The lowest BCUT2D eigenvalue weighted by Gasteiger charge is -2.22. The lowest BCUT2D eigenvalue weighted by Crippen LogP contribution is -2.14. The number of nitrogens with zero attached hydrogens (tertiary/aromatic N) is 2. The molecule has 1 aromatic heterocycles. The molecule has 1 heterocycles. The van der Waals surface area contributed by atoms with Gasteiger partial charge in [0.15, 0.2) is 0 Å². The van der Waals surface area contributed by atoms with Gasteiger partial charge in [0.05, 0.1) is 41.1 Å². The van der Waals surface area contributed by atoms with Crippen molar-refractivity contribution in [3.63, 3.8) is 0 Å². The average molecular weight is 643 g/mol. The number of fused-ring (bicyclic) bond motifs is 1. The number of hydrogen-bond donors (Lipinski definition) is 0. The highest BCUT2D eigenvalue weighted by molar-refractivity contribution is 7.62. The predicted molar refractivity (Wildman–Crippen MR) is 183 cm³/mol. The quantitative estimate of drug-likeness (QED) is 0.134. The summed E-state index contributed by atoms with van der Waals surface area (Å²) in [5.41, 5.74) is 6.95. The smallest absolute Gasteiger partial charge is 0.361 e. The predicted octanol–water partition coefficient (Wildman–Crippen LogP) is 10.4. The highest BCUT2D eigenvalue weighted by atomic mass is 35.5. The molecule has 0 N–H and O–H groups in total. The molecule has 1 aliphatic rings. The van der Waals surface area contributed by atoms with Gasteiger partial charge in [-0.2, -0.15) is 4.98 Å². The van der Waals surface area contributed by atoms with Crippen molar-refractivity contribution in [2.75, 3.05) is 13.2 Å². The number of halogens is 1. The van der Waals surface area contributed by atoms with E-state index in [2.05, 4.69) is 36.4 Å². The van der Waals surface area contributed by atoms with Crippen LogP contribution in [-0.4, -0.2) is 22.8 Å². The summed E-state index contributed by atoms with van der Waals surface area (Å²) in [7, 11) is -3.52. The van der Waals surface area contributed by atoms with E-state index in [1.807, 2.05) is 54.0 Å². The topological polar surface area (TPSA) is 62.6 Å². The third-order valence-electron chi connectivity index (χ3n) is 8.57. The minimum atomic E-state index is -3.52. The molecule has 1 aliphatic carbocycles. The summed E-state index contributed by atoms with van der Waals surface area (Å²) in [6.07, 6.45) is 6.51. The normalized spacial score (nSPS) is 14.2.